The molecule has 0 rings (SSSR count). The highest BCUT2D eigenvalue weighted by Crippen LogP contribution is 2.06. The summed E-state index contributed by atoms with van der Waals surface area (Å²) in [6, 6.07) is 0. The van der Waals surface area contributed by atoms with E-state index in [1.807, 2.05) is 25.2 Å². The van der Waals surface area contributed by atoms with Crippen LogP contribution in [0.1, 0.15) is 13.3 Å². The molecule has 4 nitrogen and oxygen atoms in total. The molecule has 0 heterocycles. The van der Waals surface area contributed by atoms with Gasteiger partial charge >= 0.3 is 6.09 Å². The van der Waals surface area contributed by atoms with E-state index in [1.165, 1.54) is 7.11 Å². The van der Waals surface area contributed by atoms with Gasteiger partial charge in [0.2, 0.25) is 0 Å². The summed E-state index contributed by atoms with van der Waals surface area (Å²) in [5.74, 6) is 0. The van der Waals surface area contributed by atoms with Crippen molar-refractivity contribution in [1.29, 1.82) is 0 Å². The van der Waals surface area contributed by atoms with Gasteiger partial charge in [0.15, 0.2) is 0 Å². The van der Waals surface area contributed by atoms with Crippen LogP contribution in [-0.4, -0.2) is 25.5 Å². The van der Waals surface area contributed by atoms with Gasteiger partial charge in [-0.15, -0.1) is 0 Å². The van der Waals surface area contributed by atoms with Crippen molar-refractivity contribution < 1.29 is 9.53 Å². The molecule has 0 atom stereocenters. The monoisotopic (exact) mass is 300 g/mol. The third-order valence-electron chi connectivity index (χ3n) is 2.59. The summed E-state index contributed by atoms with van der Waals surface area (Å²) in [4.78, 5) is 15.3. The van der Waals surface area contributed by atoms with Crippen LogP contribution in [0.15, 0.2) is 78.5 Å². The number of rotatable bonds is 9. The van der Waals surface area contributed by atoms with Gasteiger partial charge in [-0.05, 0) is 24.6 Å². The lowest BCUT2D eigenvalue weighted by Gasteiger charge is -2.10. The molecule has 0 saturated heterocycles. The maximum atomic E-state index is 11.4. The average Bonchev–Trinajstić information content (AvgIpc) is 2.51. The largest absolute Gasteiger partial charge is 0.451 e. The third kappa shape index (κ3) is 7.85. The van der Waals surface area contributed by atoms with Gasteiger partial charge in [-0.25, -0.2) is 4.79 Å². The second-order valence-electron chi connectivity index (χ2n) is 4.12. The van der Waals surface area contributed by atoms with Gasteiger partial charge in [0.1, 0.15) is 0 Å². The van der Waals surface area contributed by atoms with Crippen molar-refractivity contribution in [2.75, 3.05) is 13.7 Å². The number of hydrogen-bond acceptors (Lipinski definition) is 3. The fourth-order valence-corrected chi connectivity index (χ4v) is 1.63. The minimum atomic E-state index is -0.637. The lowest BCUT2D eigenvalue weighted by molar-refractivity contribution is 0.182. The Balaban J connectivity index is 5.05. The summed E-state index contributed by atoms with van der Waals surface area (Å²) in [7, 11) is 1.30. The van der Waals surface area contributed by atoms with E-state index in [1.54, 1.807) is 24.3 Å². The first kappa shape index (κ1) is 19.4. The Hall–Kier alpha value is -2.62. The molecule has 0 radical (unpaired) electrons. The fourth-order valence-electron chi connectivity index (χ4n) is 1.63. The Morgan fingerprint density at radius 3 is 2.41 bits per heavy atom. The smallest absolute Gasteiger partial charge is 0.433 e. The minimum Gasteiger partial charge on any atom is -0.451 e. The van der Waals surface area contributed by atoms with Crippen LogP contribution < -0.4 is 5.32 Å². The first-order chi connectivity index (χ1) is 10.6. The molecule has 0 unspecified atom stereocenters. The molecule has 0 aliphatic carbocycles. The van der Waals surface area contributed by atoms with Gasteiger partial charge in [0.05, 0.1) is 12.8 Å². The molecular formula is C18H24N2O2. The fraction of sp³-hybridized carbons (Fsp3) is 0.222. The number of aliphatic imine (C=N–C) groups is 1. The highest BCUT2D eigenvalue weighted by Gasteiger charge is 2.07. The van der Waals surface area contributed by atoms with Crippen molar-refractivity contribution >= 4 is 11.8 Å². The standard InChI is InChI=1S/C18H24N2O2/c1-6-10-15(9-4)17(20-18(21)22-5)13-14-19-16(11-7-2)12-8-3/h6-12,19H,1-2,4,13-14H2,3,5H3/b12-8-,15-10+,16-11+,20-17+. The Morgan fingerprint density at radius 1 is 1.23 bits per heavy atom. The Morgan fingerprint density at radius 2 is 1.91 bits per heavy atom. The zero-order chi connectivity index (χ0) is 16.8. The molecule has 1 amide bonds. The number of nitrogens with zero attached hydrogens (tertiary/aromatic N) is 1. The summed E-state index contributed by atoms with van der Waals surface area (Å²) in [6.45, 7) is 13.6. The molecule has 0 aromatic rings. The summed E-state index contributed by atoms with van der Waals surface area (Å²) in [5, 5.41) is 3.25. The quantitative estimate of drug-likeness (QED) is 0.515. The molecular weight excluding hydrogens is 276 g/mol. The lowest BCUT2D eigenvalue weighted by atomic mass is 10.1. The van der Waals surface area contributed by atoms with Gasteiger partial charge in [0.25, 0.3) is 0 Å². The van der Waals surface area contributed by atoms with Crippen molar-refractivity contribution in [3.05, 3.63) is 73.5 Å². The van der Waals surface area contributed by atoms with E-state index in [0.717, 1.165) is 11.3 Å². The van der Waals surface area contributed by atoms with Crippen molar-refractivity contribution in [1.82, 2.24) is 5.32 Å². The number of nitrogens with one attached hydrogen (secondary N) is 1. The summed E-state index contributed by atoms with van der Waals surface area (Å²) < 4.78 is 4.59. The maximum absolute atomic E-state index is 11.4. The first-order valence-corrected chi connectivity index (χ1v) is 6.93. The molecule has 0 aromatic carbocycles. The molecule has 118 valence electrons. The van der Waals surface area contributed by atoms with E-state index in [4.69, 9.17) is 0 Å². The van der Waals surface area contributed by atoms with Crippen LogP contribution in [0.4, 0.5) is 4.79 Å². The van der Waals surface area contributed by atoms with Gasteiger partial charge in [0, 0.05) is 18.7 Å². The summed E-state index contributed by atoms with van der Waals surface area (Å²) in [6.07, 6.45) is 12.3. The highest BCUT2D eigenvalue weighted by atomic mass is 16.5. The Bertz CT molecular complexity index is 523. The van der Waals surface area contributed by atoms with Gasteiger partial charge in [-0.3, -0.25) is 0 Å². The maximum Gasteiger partial charge on any atom is 0.433 e. The average molecular weight is 300 g/mol. The predicted molar refractivity (Wildman–Crippen MR) is 94.0 cm³/mol. The van der Waals surface area contributed by atoms with E-state index in [0.29, 0.717) is 18.7 Å². The van der Waals surface area contributed by atoms with Crippen LogP contribution in [0.2, 0.25) is 0 Å². The van der Waals surface area contributed by atoms with Crippen LogP contribution in [0.3, 0.4) is 0 Å². The van der Waals surface area contributed by atoms with Crippen LogP contribution in [0.5, 0.6) is 0 Å². The molecule has 0 aromatic heterocycles. The van der Waals surface area contributed by atoms with Gasteiger partial charge < -0.3 is 10.1 Å². The topological polar surface area (TPSA) is 50.7 Å². The van der Waals surface area contributed by atoms with Gasteiger partial charge in [-0.2, -0.15) is 4.99 Å². The van der Waals surface area contributed by atoms with Crippen LogP contribution in [0, 0.1) is 0 Å². The number of ether oxygens (including phenoxy) is 1. The van der Waals surface area contributed by atoms with Crippen molar-refractivity contribution in [3.8, 4) is 0 Å². The van der Waals surface area contributed by atoms with E-state index in [9.17, 15) is 4.79 Å². The summed E-state index contributed by atoms with van der Waals surface area (Å²) >= 11 is 0. The molecule has 0 fully saturated rings. The van der Waals surface area contributed by atoms with Crippen LogP contribution >= 0.6 is 0 Å². The SMILES string of the molecule is C=C/C=C(\C=C/C)NCCC(=N\C(=O)OC)/C(C=C)=C/C=C. The minimum absolute atomic E-state index is 0.535. The molecule has 1 N–H and O–H groups in total. The summed E-state index contributed by atoms with van der Waals surface area (Å²) in [5.41, 5.74) is 2.26. The van der Waals surface area contributed by atoms with Gasteiger partial charge in [-0.1, -0.05) is 50.1 Å². The number of methoxy groups -OCH3 is 1. The van der Waals surface area contributed by atoms with E-state index >= 15 is 0 Å². The van der Waals surface area contributed by atoms with Crippen LogP contribution in [-0.2, 0) is 4.74 Å². The number of carbonyl (C=O) groups excluding carboxylic acids is 1. The van der Waals surface area contributed by atoms with Crippen molar-refractivity contribution in [3.63, 3.8) is 0 Å². The highest BCUT2D eigenvalue weighted by molar-refractivity contribution is 6.07. The number of hydrogen-bond donors (Lipinski definition) is 1. The van der Waals surface area contributed by atoms with Crippen molar-refractivity contribution in [2.45, 2.75) is 13.3 Å². The zero-order valence-electron chi connectivity index (χ0n) is 13.3. The van der Waals surface area contributed by atoms with Crippen LogP contribution in [0.25, 0.3) is 0 Å². The molecule has 0 aliphatic rings. The third-order valence-corrected chi connectivity index (χ3v) is 2.59. The predicted octanol–water partition coefficient (Wildman–Crippen LogP) is 4.12. The lowest BCUT2D eigenvalue weighted by Crippen LogP contribution is -2.18. The normalized spacial score (nSPS) is 12.9. The zero-order valence-corrected chi connectivity index (χ0v) is 13.3. The number of amides is 1. The molecule has 0 bridgehead atoms. The van der Waals surface area contributed by atoms with E-state index < -0.39 is 6.09 Å². The second-order valence-corrected chi connectivity index (χ2v) is 4.12. The second kappa shape index (κ2) is 12.1. The van der Waals surface area contributed by atoms with E-state index in [-0.39, 0.29) is 0 Å². The number of carbonyl (C=O) groups is 1. The molecule has 0 aliphatic heterocycles. The molecule has 0 saturated carbocycles. The molecule has 4 heteroatoms. The molecule has 0 spiro atoms. The molecule has 22 heavy (non-hydrogen) atoms. The van der Waals surface area contributed by atoms with Crippen molar-refractivity contribution in [2.24, 2.45) is 4.99 Å². The Kier molecular flexibility index (Phi) is 10.7. The van der Waals surface area contributed by atoms with E-state index in [2.05, 4.69) is 34.8 Å². The number of allylic oxidation sites excluding steroid dienone is 8. The Labute approximate surface area is 133 Å². The first-order valence-electron chi connectivity index (χ1n) is 6.93.